The van der Waals surface area contributed by atoms with E-state index in [4.69, 9.17) is 23.2 Å². The average Bonchev–Trinajstić information content (AvgIpc) is 2.87. The molecule has 2 amide bonds. The molecule has 1 aliphatic heterocycles. The summed E-state index contributed by atoms with van der Waals surface area (Å²) in [5, 5.41) is 3.15. The van der Waals surface area contributed by atoms with Crippen molar-refractivity contribution in [2.45, 2.75) is 6.92 Å². The number of carbonyl (C=O) groups is 3. The number of aryl methyl sites for hydroxylation is 1. The number of amides is 2. The molecule has 0 unspecified atom stereocenters. The van der Waals surface area contributed by atoms with Gasteiger partial charge in [0.2, 0.25) is 0 Å². The van der Waals surface area contributed by atoms with Gasteiger partial charge in [0.25, 0.3) is 11.8 Å². The molecule has 0 fully saturated rings. The van der Waals surface area contributed by atoms with Gasteiger partial charge in [-0.2, -0.15) is 0 Å². The van der Waals surface area contributed by atoms with Crippen LogP contribution in [0, 0.1) is 6.92 Å². The van der Waals surface area contributed by atoms with Crippen molar-refractivity contribution in [2.24, 2.45) is 0 Å². The lowest BCUT2D eigenvalue weighted by atomic mass is 10.2. The molecule has 6 nitrogen and oxygen atoms in total. The van der Waals surface area contributed by atoms with E-state index in [1.807, 2.05) is 6.92 Å². The average molecular weight is 405 g/mol. The fraction of sp³-hybridized carbons (Fsp3) is 0.105. The van der Waals surface area contributed by atoms with E-state index in [1.165, 1.54) is 31.4 Å². The number of halogens is 2. The van der Waals surface area contributed by atoms with Crippen LogP contribution >= 0.6 is 23.2 Å². The molecule has 2 aromatic carbocycles. The molecule has 1 N–H and O–H groups in total. The molecule has 0 saturated carbocycles. The molecule has 0 spiro atoms. The van der Waals surface area contributed by atoms with Crippen molar-refractivity contribution in [3.05, 3.63) is 69.3 Å². The number of nitrogens with one attached hydrogen (secondary N) is 1. The fourth-order valence-electron chi connectivity index (χ4n) is 2.57. The first-order chi connectivity index (χ1) is 12.8. The van der Waals surface area contributed by atoms with Crippen LogP contribution in [0.25, 0.3) is 0 Å². The largest absolute Gasteiger partial charge is 0.465 e. The van der Waals surface area contributed by atoms with Gasteiger partial charge in [-0.05, 0) is 48.9 Å². The number of anilines is 2. The first-order valence-electron chi connectivity index (χ1n) is 7.83. The van der Waals surface area contributed by atoms with E-state index < -0.39 is 17.8 Å². The van der Waals surface area contributed by atoms with Crippen LogP contribution in [0.2, 0.25) is 5.02 Å². The second-order valence-corrected chi connectivity index (χ2v) is 6.57. The number of imide groups is 1. The van der Waals surface area contributed by atoms with Gasteiger partial charge >= 0.3 is 5.97 Å². The molecule has 0 aliphatic carbocycles. The molecule has 8 heteroatoms. The van der Waals surface area contributed by atoms with Gasteiger partial charge in [0.1, 0.15) is 10.7 Å². The van der Waals surface area contributed by atoms with Gasteiger partial charge in [-0.25, -0.2) is 9.69 Å². The Balaban J connectivity index is 1.89. The number of methoxy groups -OCH3 is 1. The Morgan fingerprint density at radius 3 is 2.33 bits per heavy atom. The number of hydrogen-bond acceptors (Lipinski definition) is 5. The topological polar surface area (TPSA) is 75.7 Å². The van der Waals surface area contributed by atoms with E-state index in [1.54, 1.807) is 18.2 Å². The van der Waals surface area contributed by atoms with E-state index in [0.29, 0.717) is 16.3 Å². The molecule has 2 aromatic rings. The summed E-state index contributed by atoms with van der Waals surface area (Å²) in [6, 6.07) is 11.0. The summed E-state index contributed by atoms with van der Waals surface area (Å²) in [4.78, 5) is 37.7. The van der Waals surface area contributed by atoms with Gasteiger partial charge in [0, 0.05) is 10.7 Å². The molecule has 138 valence electrons. The molecule has 1 aliphatic rings. The van der Waals surface area contributed by atoms with E-state index in [9.17, 15) is 14.4 Å². The van der Waals surface area contributed by atoms with Crippen molar-refractivity contribution < 1.29 is 19.1 Å². The maximum Gasteiger partial charge on any atom is 0.337 e. The summed E-state index contributed by atoms with van der Waals surface area (Å²) < 4.78 is 4.63. The quantitative estimate of drug-likeness (QED) is 0.618. The molecule has 27 heavy (non-hydrogen) atoms. The number of hydrogen-bond donors (Lipinski definition) is 1. The SMILES string of the molecule is COC(=O)c1ccc(N2C(=O)C(Cl)=C(Nc3cc(Cl)ccc3C)C2=O)cc1. The first-order valence-corrected chi connectivity index (χ1v) is 8.59. The van der Waals surface area contributed by atoms with Gasteiger partial charge in [-0.15, -0.1) is 0 Å². The Hall–Kier alpha value is -2.83. The van der Waals surface area contributed by atoms with Crippen molar-refractivity contribution in [1.29, 1.82) is 0 Å². The maximum atomic E-state index is 12.8. The van der Waals surface area contributed by atoms with Crippen LogP contribution in [0.1, 0.15) is 15.9 Å². The number of rotatable bonds is 4. The molecule has 1 heterocycles. The lowest BCUT2D eigenvalue weighted by molar-refractivity contribution is -0.120. The molecular weight excluding hydrogens is 391 g/mol. The summed E-state index contributed by atoms with van der Waals surface area (Å²) in [5.74, 6) is -1.78. The van der Waals surface area contributed by atoms with E-state index in [2.05, 4.69) is 10.1 Å². The molecule has 0 radical (unpaired) electrons. The Bertz CT molecular complexity index is 984. The predicted molar refractivity (Wildman–Crippen MR) is 103 cm³/mol. The Morgan fingerprint density at radius 1 is 1.04 bits per heavy atom. The van der Waals surface area contributed by atoms with Gasteiger partial charge in [-0.3, -0.25) is 9.59 Å². The lowest BCUT2D eigenvalue weighted by Gasteiger charge is -2.16. The zero-order valence-electron chi connectivity index (χ0n) is 14.4. The number of carbonyl (C=O) groups excluding carboxylic acids is 3. The third kappa shape index (κ3) is 3.54. The van der Waals surface area contributed by atoms with Crippen molar-refractivity contribution in [3.63, 3.8) is 0 Å². The summed E-state index contributed by atoms with van der Waals surface area (Å²) in [6.07, 6.45) is 0. The summed E-state index contributed by atoms with van der Waals surface area (Å²) in [5.41, 5.74) is 1.95. The van der Waals surface area contributed by atoms with Crippen LogP contribution in [-0.4, -0.2) is 24.9 Å². The third-order valence-corrected chi connectivity index (χ3v) is 4.62. The van der Waals surface area contributed by atoms with Crippen molar-refractivity contribution in [1.82, 2.24) is 0 Å². The van der Waals surface area contributed by atoms with E-state index >= 15 is 0 Å². The Labute approximate surface area is 165 Å². The van der Waals surface area contributed by atoms with Crippen LogP contribution < -0.4 is 10.2 Å². The summed E-state index contributed by atoms with van der Waals surface area (Å²) in [6.45, 7) is 1.83. The molecular formula is C19H14Cl2N2O4. The summed E-state index contributed by atoms with van der Waals surface area (Å²) in [7, 11) is 1.27. The van der Waals surface area contributed by atoms with Crippen molar-refractivity contribution in [3.8, 4) is 0 Å². The minimum atomic E-state index is -0.658. The highest BCUT2D eigenvalue weighted by molar-refractivity contribution is 6.53. The standard InChI is InChI=1S/C19H14Cl2N2O4/c1-10-3-6-12(20)9-14(10)22-16-15(21)17(24)23(18(16)25)13-7-4-11(5-8-13)19(26)27-2/h3-9,22H,1-2H3. The molecule has 3 rings (SSSR count). The Morgan fingerprint density at radius 2 is 1.70 bits per heavy atom. The smallest absolute Gasteiger partial charge is 0.337 e. The third-order valence-electron chi connectivity index (χ3n) is 4.03. The minimum Gasteiger partial charge on any atom is -0.465 e. The minimum absolute atomic E-state index is 0.0379. The van der Waals surface area contributed by atoms with Gasteiger partial charge in [-0.1, -0.05) is 29.3 Å². The second-order valence-electron chi connectivity index (χ2n) is 5.76. The van der Waals surface area contributed by atoms with E-state index in [0.717, 1.165) is 10.5 Å². The number of ether oxygens (including phenoxy) is 1. The van der Waals surface area contributed by atoms with Crippen LogP contribution in [0.15, 0.2) is 53.2 Å². The van der Waals surface area contributed by atoms with Gasteiger partial charge in [0.15, 0.2) is 0 Å². The van der Waals surface area contributed by atoms with Crippen LogP contribution in [-0.2, 0) is 14.3 Å². The van der Waals surface area contributed by atoms with E-state index in [-0.39, 0.29) is 16.4 Å². The monoisotopic (exact) mass is 404 g/mol. The van der Waals surface area contributed by atoms with Gasteiger partial charge in [0.05, 0.1) is 18.4 Å². The number of esters is 1. The molecule has 0 bridgehead atoms. The fourth-order valence-corrected chi connectivity index (χ4v) is 2.96. The number of benzene rings is 2. The second kappa shape index (κ2) is 7.42. The predicted octanol–water partition coefficient (Wildman–Crippen LogP) is 3.87. The van der Waals surface area contributed by atoms with Crippen LogP contribution in [0.3, 0.4) is 0 Å². The zero-order chi connectivity index (χ0) is 19.7. The van der Waals surface area contributed by atoms with Gasteiger partial charge < -0.3 is 10.1 Å². The lowest BCUT2D eigenvalue weighted by Crippen LogP contribution is -2.32. The maximum absolute atomic E-state index is 12.8. The highest BCUT2D eigenvalue weighted by atomic mass is 35.5. The normalized spacial score (nSPS) is 14.0. The molecule has 0 saturated heterocycles. The molecule has 0 atom stereocenters. The highest BCUT2D eigenvalue weighted by Crippen LogP contribution is 2.31. The molecule has 0 aromatic heterocycles. The van der Waals surface area contributed by atoms with Crippen molar-refractivity contribution >= 4 is 52.4 Å². The van der Waals surface area contributed by atoms with Crippen molar-refractivity contribution in [2.75, 3.05) is 17.3 Å². The zero-order valence-corrected chi connectivity index (χ0v) is 15.9. The summed E-state index contributed by atoms with van der Waals surface area (Å²) >= 11 is 12.1. The first kappa shape index (κ1) is 18.9. The van der Waals surface area contributed by atoms with Crippen LogP contribution in [0.4, 0.5) is 11.4 Å². The van der Waals surface area contributed by atoms with Crippen LogP contribution in [0.5, 0.6) is 0 Å². The Kier molecular flexibility index (Phi) is 5.21. The number of nitrogens with zero attached hydrogens (tertiary/aromatic N) is 1. The highest BCUT2D eigenvalue weighted by Gasteiger charge is 2.39.